The summed E-state index contributed by atoms with van der Waals surface area (Å²) in [5, 5.41) is 23.9. The fraction of sp³-hybridized carbons (Fsp3) is 0. The van der Waals surface area contributed by atoms with Crippen LogP contribution in [0.3, 0.4) is 0 Å². The van der Waals surface area contributed by atoms with Gasteiger partial charge in [0.05, 0.1) is 11.3 Å². The van der Waals surface area contributed by atoms with Gasteiger partial charge in [0.15, 0.2) is 0 Å². The van der Waals surface area contributed by atoms with E-state index in [1.807, 2.05) is 0 Å². The molecular weight excluding hydrogens is 360 g/mol. The molecule has 0 heterocycles. The summed E-state index contributed by atoms with van der Waals surface area (Å²) < 4.78 is 0. The van der Waals surface area contributed by atoms with E-state index in [4.69, 9.17) is 5.11 Å². The first kappa shape index (κ1) is 18.7. The van der Waals surface area contributed by atoms with Gasteiger partial charge in [0.1, 0.15) is 11.3 Å². The van der Waals surface area contributed by atoms with Crippen molar-refractivity contribution in [3.05, 3.63) is 89.5 Å². The van der Waals surface area contributed by atoms with Crippen molar-refractivity contribution in [3.8, 4) is 5.75 Å². The molecule has 7 heteroatoms. The van der Waals surface area contributed by atoms with Crippen molar-refractivity contribution in [2.24, 2.45) is 0 Å². The summed E-state index contributed by atoms with van der Waals surface area (Å²) in [7, 11) is 0. The maximum atomic E-state index is 12.6. The Morgan fingerprint density at radius 2 is 1.39 bits per heavy atom. The number of anilines is 2. The minimum absolute atomic E-state index is 0.199. The number of amides is 2. The second kappa shape index (κ2) is 8.05. The number of hydrogen-bond donors (Lipinski definition) is 4. The Balaban J connectivity index is 1.82. The maximum absolute atomic E-state index is 12.6. The van der Waals surface area contributed by atoms with Crippen molar-refractivity contribution in [2.75, 3.05) is 10.6 Å². The SMILES string of the molecule is O=C(Nc1ccccc1C(=O)Nc1ccc(O)c(C(=O)O)c1)c1ccccc1. The minimum Gasteiger partial charge on any atom is -0.507 e. The number of aromatic hydroxyl groups is 1. The van der Waals surface area contributed by atoms with Gasteiger partial charge in [-0.2, -0.15) is 0 Å². The van der Waals surface area contributed by atoms with Gasteiger partial charge in [-0.25, -0.2) is 4.79 Å². The van der Waals surface area contributed by atoms with Crippen molar-refractivity contribution in [3.63, 3.8) is 0 Å². The van der Waals surface area contributed by atoms with Crippen LogP contribution in [0.25, 0.3) is 0 Å². The molecule has 0 fully saturated rings. The number of nitrogens with one attached hydrogen (secondary N) is 2. The molecule has 0 aliphatic rings. The zero-order valence-electron chi connectivity index (χ0n) is 14.5. The van der Waals surface area contributed by atoms with Crippen molar-refractivity contribution in [1.82, 2.24) is 0 Å². The van der Waals surface area contributed by atoms with E-state index in [1.54, 1.807) is 48.5 Å². The third kappa shape index (κ3) is 4.16. The highest BCUT2D eigenvalue weighted by Crippen LogP contribution is 2.23. The summed E-state index contributed by atoms with van der Waals surface area (Å²) >= 11 is 0. The summed E-state index contributed by atoms with van der Waals surface area (Å²) in [6.07, 6.45) is 0. The first-order valence-electron chi connectivity index (χ1n) is 8.29. The number of carbonyl (C=O) groups is 3. The van der Waals surface area contributed by atoms with Crippen LogP contribution in [0.1, 0.15) is 31.1 Å². The summed E-state index contributed by atoms with van der Waals surface area (Å²) in [5.41, 5.74) is 0.832. The highest BCUT2D eigenvalue weighted by Gasteiger charge is 2.16. The predicted molar refractivity (Wildman–Crippen MR) is 104 cm³/mol. The minimum atomic E-state index is -1.32. The summed E-state index contributed by atoms with van der Waals surface area (Å²) in [5.74, 6) is -2.62. The van der Waals surface area contributed by atoms with E-state index in [1.165, 1.54) is 18.2 Å². The normalized spacial score (nSPS) is 10.1. The van der Waals surface area contributed by atoms with E-state index in [2.05, 4.69) is 10.6 Å². The van der Waals surface area contributed by atoms with E-state index >= 15 is 0 Å². The highest BCUT2D eigenvalue weighted by atomic mass is 16.4. The number of carboxylic acids is 1. The van der Waals surface area contributed by atoms with E-state index in [-0.39, 0.29) is 22.7 Å². The van der Waals surface area contributed by atoms with Gasteiger partial charge in [-0.15, -0.1) is 0 Å². The Morgan fingerprint density at radius 1 is 0.714 bits per heavy atom. The molecule has 0 saturated heterocycles. The smallest absolute Gasteiger partial charge is 0.339 e. The van der Waals surface area contributed by atoms with Crippen molar-refractivity contribution < 1.29 is 24.6 Å². The first-order valence-corrected chi connectivity index (χ1v) is 8.29. The predicted octanol–water partition coefficient (Wildman–Crippen LogP) is 3.60. The molecule has 0 bridgehead atoms. The van der Waals surface area contributed by atoms with Gasteiger partial charge in [-0.05, 0) is 42.5 Å². The molecular formula is C21H16N2O5. The number of hydrogen-bond acceptors (Lipinski definition) is 4. The number of aromatic carboxylic acids is 1. The lowest BCUT2D eigenvalue weighted by Gasteiger charge is -2.12. The molecule has 4 N–H and O–H groups in total. The molecule has 2 amide bonds. The zero-order valence-corrected chi connectivity index (χ0v) is 14.5. The lowest BCUT2D eigenvalue weighted by Crippen LogP contribution is -2.18. The van der Waals surface area contributed by atoms with Crippen molar-refractivity contribution in [1.29, 1.82) is 0 Å². The Hall–Kier alpha value is -4.13. The van der Waals surface area contributed by atoms with Gasteiger partial charge in [0, 0.05) is 11.3 Å². The third-order valence-corrected chi connectivity index (χ3v) is 3.94. The van der Waals surface area contributed by atoms with E-state index in [9.17, 15) is 19.5 Å². The molecule has 28 heavy (non-hydrogen) atoms. The molecule has 0 aromatic heterocycles. The average Bonchev–Trinajstić information content (AvgIpc) is 2.70. The Morgan fingerprint density at radius 3 is 2.11 bits per heavy atom. The number of phenols is 1. The standard InChI is InChI=1S/C21H16N2O5/c24-18-11-10-14(12-16(18)21(27)28)22-20(26)15-8-4-5-9-17(15)23-19(25)13-6-2-1-3-7-13/h1-12,24H,(H,22,26)(H,23,25)(H,27,28). The van der Waals surface area contributed by atoms with Crippen molar-refractivity contribution >= 4 is 29.2 Å². The van der Waals surface area contributed by atoms with E-state index in [0.717, 1.165) is 6.07 Å². The molecule has 7 nitrogen and oxygen atoms in total. The Labute approximate surface area is 160 Å². The Kier molecular flexibility index (Phi) is 5.36. The number of carboxylic acid groups (broad SMARTS) is 1. The molecule has 0 spiro atoms. The molecule has 0 aliphatic carbocycles. The number of para-hydroxylation sites is 1. The van der Waals surface area contributed by atoms with Gasteiger partial charge >= 0.3 is 5.97 Å². The highest BCUT2D eigenvalue weighted by molar-refractivity contribution is 6.12. The van der Waals surface area contributed by atoms with Crippen LogP contribution in [0, 0.1) is 0 Å². The zero-order chi connectivity index (χ0) is 20.1. The first-order chi connectivity index (χ1) is 13.5. The van der Waals surface area contributed by atoms with Crippen LogP contribution in [0.15, 0.2) is 72.8 Å². The quantitative estimate of drug-likeness (QED) is 0.508. The fourth-order valence-corrected chi connectivity index (χ4v) is 2.56. The topological polar surface area (TPSA) is 116 Å². The van der Waals surface area contributed by atoms with Gasteiger partial charge in [0.25, 0.3) is 11.8 Å². The van der Waals surface area contributed by atoms with Crippen LogP contribution in [0.2, 0.25) is 0 Å². The van der Waals surface area contributed by atoms with Gasteiger partial charge < -0.3 is 20.8 Å². The number of rotatable bonds is 5. The van der Waals surface area contributed by atoms with Crippen LogP contribution in [0.4, 0.5) is 11.4 Å². The van der Waals surface area contributed by atoms with Crippen LogP contribution in [0.5, 0.6) is 5.75 Å². The molecule has 0 atom stereocenters. The molecule has 140 valence electrons. The average molecular weight is 376 g/mol. The van der Waals surface area contributed by atoms with Crippen LogP contribution in [-0.4, -0.2) is 28.0 Å². The van der Waals surface area contributed by atoms with E-state index in [0.29, 0.717) is 11.3 Å². The second-order valence-corrected chi connectivity index (χ2v) is 5.86. The summed E-state index contributed by atoms with van der Waals surface area (Å²) in [4.78, 5) is 36.1. The van der Waals surface area contributed by atoms with Gasteiger partial charge in [-0.3, -0.25) is 9.59 Å². The summed E-state index contributed by atoms with van der Waals surface area (Å²) in [6.45, 7) is 0. The fourth-order valence-electron chi connectivity index (χ4n) is 2.56. The van der Waals surface area contributed by atoms with Crippen LogP contribution >= 0.6 is 0 Å². The molecule has 3 rings (SSSR count). The molecule has 3 aromatic carbocycles. The molecule has 0 saturated carbocycles. The lowest BCUT2D eigenvalue weighted by molar-refractivity contribution is 0.0693. The number of carbonyl (C=O) groups excluding carboxylic acids is 2. The van der Waals surface area contributed by atoms with Gasteiger partial charge in [-0.1, -0.05) is 30.3 Å². The second-order valence-electron chi connectivity index (χ2n) is 5.86. The molecule has 0 aliphatic heterocycles. The largest absolute Gasteiger partial charge is 0.507 e. The number of benzene rings is 3. The monoisotopic (exact) mass is 376 g/mol. The summed E-state index contributed by atoms with van der Waals surface area (Å²) in [6, 6.07) is 18.7. The molecule has 3 aromatic rings. The van der Waals surface area contributed by atoms with Crippen LogP contribution in [-0.2, 0) is 0 Å². The Bertz CT molecular complexity index is 1050. The molecule has 0 radical (unpaired) electrons. The van der Waals surface area contributed by atoms with Gasteiger partial charge in [0.2, 0.25) is 0 Å². The van der Waals surface area contributed by atoms with E-state index < -0.39 is 17.6 Å². The third-order valence-electron chi connectivity index (χ3n) is 3.94. The lowest BCUT2D eigenvalue weighted by atomic mass is 10.1. The van der Waals surface area contributed by atoms with Crippen molar-refractivity contribution in [2.45, 2.75) is 0 Å². The molecule has 0 unspecified atom stereocenters. The maximum Gasteiger partial charge on any atom is 0.339 e. The van der Waals surface area contributed by atoms with Crippen LogP contribution < -0.4 is 10.6 Å².